The topological polar surface area (TPSA) is 110 Å². The van der Waals surface area contributed by atoms with E-state index in [0.29, 0.717) is 17.3 Å². The molecule has 0 saturated carbocycles. The number of halogens is 1. The first kappa shape index (κ1) is 19.7. The third-order valence-electron chi connectivity index (χ3n) is 4.45. The third kappa shape index (κ3) is 5.72. The summed E-state index contributed by atoms with van der Waals surface area (Å²) in [6.07, 6.45) is 10.4. The highest BCUT2D eigenvalue weighted by Crippen LogP contribution is 2.25. The van der Waals surface area contributed by atoms with E-state index in [1.807, 2.05) is 0 Å². The number of anilines is 2. The Bertz CT molecular complexity index is 718. The van der Waals surface area contributed by atoms with Gasteiger partial charge in [0, 0.05) is 37.7 Å². The summed E-state index contributed by atoms with van der Waals surface area (Å²) in [5.41, 5.74) is 6.88. The molecule has 146 valence electrons. The van der Waals surface area contributed by atoms with E-state index in [-0.39, 0.29) is 12.1 Å². The van der Waals surface area contributed by atoms with Crippen LogP contribution in [0.4, 0.5) is 11.9 Å². The molecule has 0 bridgehead atoms. The molecule has 0 amide bonds. The minimum absolute atomic E-state index is 0.185. The predicted octanol–water partition coefficient (Wildman–Crippen LogP) is 2.32. The van der Waals surface area contributed by atoms with Crippen LogP contribution in [0, 0.1) is 0 Å². The minimum Gasteiger partial charge on any atom is -0.391 e. The fourth-order valence-electron chi connectivity index (χ4n) is 3.01. The zero-order chi connectivity index (χ0) is 19.1. The van der Waals surface area contributed by atoms with Crippen molar-refractivity contribution in [3.05, 3.63) is 23.6 Å². The predicted molar refractivity (Wildman–Crippen MR) is 105 cm³/mol. The van der Waals surface area contributed by atoms with E-state index in [4.69, 9.17) is 27.2 Å². The number of nitrogens with two attached hydrogens (primary N) is 1. The Kier molecular flexibility index (Phi) is 7.14. The van der Waals surface area contributed by atoms with Gasteiger partial charge in [-0.25, -0.2) is 19.9 Å². The van der Waals surface area contributed by atoms with E-state index >= 15 is 0 Å². The molecule has 2 aliphatic rings. The molecule has 8 nitrogen and oxygen atoms in total. The standard InChI is InChI=1S/C13H15ClN6.C5H10O2/c14-10-8-16-12(15)19-11(10)9-6-17-13(18-7-9)20-4-2-1-3-5-20;6-5-2-1-3-7-4-5/h6-8H,1-5H2,(H2,15,16,19);5-6H,1-4H2. The molecule has 2 aliphatic heterocycles. The molecular formula is C18H25ClN6O2. The van der Waals surface area contributed by atoms with Crippen LogP contribution in [0.15, 0.2) is 18.6 Å². The van der Waals surface area contributed by atoms with Gasteiger partial charge in [-0.05, 0) is 32.1 Å². The van der Waals surface area contributed by atoms with Crippen molar-refractivity contribution in [1.29, 1.82) is 0 Å². The fourth-order valence-corrected chi connectivity index (χ4v) is 3.21. The van der Waals surface area contributed by atoms with Crippen molar-refractivity contribution < 1.29 is 9.84 Å². The monoisotopic (exact) mass is 392 g/mol. The zero-order valence-electron chi connectivity index (χ0n) is 15.2. The summed E-state index contributed by atoms with van der Waals surface area (Å²) in [6.45, 7) is 3.40. The molecule has 0 aromatic carbocycles. The average Bonchev–Trinajstić information content (AvgIpc) is 2.72. The smallest absolute Gasteiger partial charge is 0.225 e. The largest absolute Gasteiger partial charge is 0.391 e. The molecule has 27 heavy (non-hydrogen) atoms. The van der Waals surface area contributed by atoms with Crippen LogP contribution in [0.2, 0.25) is 5.02 Å². The van der Waals surface area contributed by atoms with Crippen LogP contribution in [-0.2, 0) is 4.74 Å². The molecule has 1 atom stereocenters. The molecule has 1 unspecified atom stereocenters. The SMILES string of the molecule is Nc1ncc(Cl)c(-c2cnc(N3CCCCC3)nc2)n1.OC1CCCOC1. The number of aliphatic hydroxyl groups excluding tert-OH is 1. The molecule has 2 aromatic rings. The highest BCUT2D eigenvalue weighted by molar-refractivity contribution is 6.32. The summed E-state index contributed by atoms with van der Waals surface area (Å²) in [7, 11) is 0. The van der Waals surface area contributed by atoms with E-state index in [0.717, 1.165) is 44.0 Å². The molecule has 0 radical (unpaired) electrons. The molecule has 2 aromatic heterocycles. The van der Waals surface area contributed by atoms with Crippen LogP contribution in [0.3, 0.4) is 0 Å². The van der Waals surface area contributed by atoms with Gasteiger partial charge in [0.1, 0.15) is 0 Å². The number of nitrogen functional groups attached to an aromatic ring is 1. The molecular weight excluding hydrogens is 368 g/mol. The number of aromatic nitrogens is 4. The van der Waals surface area contributed by atoms with Gasteiger partial charge in [0.05, 0.1) is 29.6 Å². The fraction of sp³-hybridized carbons (Fsp3) is 0.556. The second-order valence-corrected chi connectivity index (χ2v) is 7.02. The van der Waals surface area contributed by atoms with E-state index in [1.54, 1.807) is 12.4 Å². The van der Waals surface area contributed by atoms with Crippen LogP contribution in [0.25, 0.3) is 11.3 Å². The quantitative estimate of drug-likeness (QED) is 0.801. The number of hydrogen-bond donors (Lipinski definition) is 2. The Morgan fingerprint density at radius 3 is 2.41 bits per heavy atom. The molecule has 0 spiro atoms. The van der Waals surface area contributed by atoms with Crippen molar-refractivity contribution in [3.8, 4) is 11.3 Å². The van der Waals surface area contributed by atoms with E-state index in [1.165, 1.54) is 25.5 Å². The van der Waals surface area contributed by atoms with Crippen LogP contribution in [0.1, 0.15) is 32.1 Å². The lowest BCUT2D eigenvalue weighted by Gasteiger charge is -2.26. The van der Waals surface area contributed by atoms with Gasteiger partial charge in [0.15, 0.2) is 0 Å². The first-order chi connectivity index (χ1) is 13.1. The van der Waals surface area contributed by atoms with Crippen molar-refractivity contribution in [3.63, 3.8) is 0 Å². The van der Waals surface area contributed by atoms with Crippen LogP contribution in [-0.4, -0.2) is 57.4 Å². The van der Waals surface area contributed by atoms with Crippen molar-refractivity contribution in [2.45, 2.75) is 38.2 Å². The van der Waals surface area contributed by atoms with Crippen LogP contribution < -0.4 is 10.6 Å². The van der Waals surface area contributed by atoms with Gasteiger partial charge in [-0.1, -0.05) is 11.6 Å². The number of rotatable bonds is 2. The number of piperidine rings is 1. The number of hydrogen-bond acceptors (Lipinski definition) is 8. The van der Waals surface area contributed by atoms with Crippen molar-refractivity contribution in [2.75, 3.05) is 36.9 Å². The van der Waals surface area contributed by atoms with Gasteiger partial charge in [0.2, 0.25) is 11.9 Å². The van der Waals surface area contributed by atoms with E-state index < -0.39 is 0 Å². The third-order valence-corrected chi connectivity index (χ3v) is 4.73. The molecule has 2 saturated heterocycles. The number of nitrogens with zero attached hydrogens (tertiary/aromatic N) is 5. The lowest BCUT2D eigenvalue weighted by molar-refractivity contribution is -0.00535. The summed E-state index contributed by atoms with van der Waals surface area (Å²) < 4.78 is 4.93. The van der Waals surface area contributed by atoms with Crippen LogP contribution in [0.5, 0.6) is 0 Å². The second-order valence-electron chi connectivity index (χ2n) is 6.62. The maximum absolute atomic E-state index is 8.78. The summed E-state index contributed by atoms with van der Waals surface area (Å²) in [5.74, 6) is 0.941. The van der Waals surface area contributed by atoms with Gasteiger partial charge in [0.25, 0.3) is 0 Å². The summed E-state index contributed by atoms with van der Waals surface area (Å²) in [6, 6.07) is 0. The molecule has 4 heterocycles. The average molecular weight is 393 g/mol. The molecule has 9 heteroatoms. The van der Waals surface area contributed by atoms with E-state index in [2.05, 4.69) is 24.8 Å². The van der Waals surface area contributed by atoms with Gasteiger partial charge in [-0.15, -0.1) is 0 Å². The van der Waals surface area contributed by atoms with E-state index in [9.17, 15) is 0 Å². The van der Waals surface area contributed by atoms with Crippen molar-refractivity contribution in [2.24, 2.45) is 0 Å². The molecule has 4 rings (SSSR count). The maximum Gasteiger partial charge on any atom is 0.225 e. The minimum atomic E-state index is -0.186. The van der Waals surface area contributed by atoms with Crippen LogP contribution >= 0.6 is 11.6 Å². The first-order valence-corrected chi connectivity index (χ1v) is 9.62. The Morgan fingerprint density at radius 1 is 1.07 bits per heavy atom. The summed E-state index contributed by atoms with van der Waals surface area (Å²) in [4.78, 5) is 19.0. The molecule has 3 N–H and O–H groups in total. The molecule has 0 aliphatic carbocycles. The van der Waals surface area contributed by atoms with Gasteiger partial charge >= 0.3 is 0 Å². The molecule has 2 fully saturated rings. The van der Waals surface area contributed by atoms with Gasteiger partial charge in [-0.3, -0.25) is 0 Å². The van der Waals surface area contributed by atoms with Crippen molar-refractivity contribution >= 4 is 23.5 Å². The van der Waals surface area contributed by atoms with Crippen molar-refractivity contribution in [1.82, 2.24) is 19.9 Å². The number of ether oxygens (including phenoxy) is 1. The first-order valence-electron chi connectivity index (χ1n) is 9.24. The highest BCUT2D eigenvalue weighted by Gasteiger charge is 2.14. The lowest BCUT2D eigenvalue weighted by atomic mass is 10.1. The summed E-state index contributed by atoms with van der Waals surface area (Å²) >= 11 is 6.07. The lowest BCUT2D eigenvalue weighted by Crippen LogP contribution is -2.30. The Hall–Kier alpha value is -2.03. The zero-order valence-corrected chi connectivity index (χ0v) is 16.0. The van der Waals surface area contributed by atoms with Gasteiger partial charge < -0.3 is 20.5 Å². The Balaban J connectivity index is 0.000000253. The maximum atomic E-state index is 8.78. The van der Waals surface area contributed by atoms with Gasteiger partial charge in [-0.2, -0.15) is 0 Å². The second kappa shape index (κ2) is 9.77. The Labute approximate surface area is 163 Å². The highest BCUT2D eigenvalue weighted by atomic mass is 35.5. The normalized spacial score (nSPS) is 19.9. The Morgan fingerprint density at radius 2 is 1.81 bits per heavy atom. The number of aliphatic hydroxyl groups is 1. The summed E-state index contributed by atoms with van der Waals surface area (Å²) in [5, 5.41) is 9.22.